The molecule has 0 amide bonds. The van der Waals surface area contributed by atoms with Gasteiger partial charge in [0.2, 0.25) is 0 Å². The van der Waals surface area contributed by atoms with Crippen molar-refractivity contribution in [2.75, 3.05) is 18.3 Å². The van der Waals surface area contributed by atoms with Crippen LogP contribution in [0.1, 0.15) is 0 Å². The summed E-state index contributed by atoms with van der Waals surface area (Å²) in [5.41, 5.74) is 8.56. The molecule has 1 aromatic carbocycles. The third-order valence-electron chi connectivity index (χ3n) is 2.06. The number of anilines is 2. The fraction of sp³-hybridized carbons (Fsp3) is 0.100. The predicted molar refractivity (Wildman–Crippen MR) is 57.5 cm³/mol. The van der Waals surface area contributed by atoms with Gasteiger partial charge >= 0.3 is 5.63 Å². The average molecular weight is 206 g/mol. The molecule has 5 nitrogen and oxygen atoms in total. The van der Waals surface area contributed by atoms with Crippen molar-refractivity contribution in [1.29, 1.82) is 0 Å². The minimum Gasteiger partial charge on any atom is -0.421 e. The molecule has 0 fully saturated rings. The lowest BCUT2D eigenvalue weighted by molar-refractivity contribution is 0.269. The summed E-state index contributed by atoms with van der Waals surface area (Å²) < 4.78 is 5.05. The number of para-hydroxylation sites is 1. The van der Waals surface area contributed by atoms with E-state index in [1.54, 1.807) is 18.2 Å². The van der Waals surface area contributed by atoms with Crippen LogP contribution < -0.4 is 16.8 Å². The van der Waals surface area contributed by atoms with Crippen LogP contribution in [0.2, 0.25) is 0 Å². The Morgan fingerprint density at radius 3 is 2.87 bits per heavy atom. The summed E-state index contributed by atoms with van der Waals surface area (Å²) in [6.07, 6.45) is 0. The Labute approximate surface area is 85.4 Å². The highest BCUT2D eigenvalue weighted by molar-refractivity contribution is 5.94. The molecule has 0 saturated heterocycles. The highest BCUT2D eigenvalue weighted by atomic mass is 16.6. The summed E-state index contributed by atoms with van der Waals surface area (Å²) in [6, 6.07) is 7.04. The van der Waals surface area contributed by atoms with Gasteiger partial charge in [0.05, 0.1) is 12.8 Å². The molecule has 0 unspecified atom stereocenters. The Balaban J connectivity index is 2.78. The first kappa shape index (κ1) is 9.54. The molecule has 0 spiro atoms. The van der Waals surface area contributed by atoms with Crippen molar-refractivity contribution in [3.05, 3.63) is 34.7 Å². The van der Waals surface area contributed by atoms with Crippen LogP contribution >= 0.6 is 0 Å². The highest BCUT2D eigenvalue weighted by Gasteiger charge is 2.10. The van der Waals surface area contributed by atoms with E-state index in [4.69, 9.17) is 10.2 Å². The number of fused-ring (bicyclic) bond motifs is 1. The van der Waals surface area contributed by atoms with E-state index < -0.39 is 5.63 Å². The quantitative estimate of drug-likeness (QED) is 0.572. The molecular weight excluding hydrogens is 196 g/mol. The van der Waals surface area contributed by atoms with Crippen LogP contribution in [0, 0.1) is 0 Å². The number of nitrogen functional groups attached to an aromatic ring is 1. The number of nitrogens with two attached hydrogens (primary N) is 1. The predicted octanol–water partition coefficient (Wildman–Crippen LogP) is 1.35. The monoisotopic (exact) mass is 206 g/mol. The van der Waals surface area contributed by atoms with Gasteiger partial charge in [0.15, 0.2) is 5.69 Å². The smallest absolute Gasteiger partial charge is 0.364 e. The lowest BCUT2D eigenvalue weighted by Gasteiger charge is -2.07. The van der Waals surface area contributed by atoms with Gasteiger partial charge in [0.25, 0.3) is 0 Å². The molecule has 5 heteroatoms. The maximum Gasteiger partial charge on any atom is 0.364 e. The van der Waals surface area contributed by atoms with Crippen molar-refractivity contribution in [2.45, 2.75) is 0 Å². The summed E-state index contributed by atoms with van der Waals surface area (Å²) in [6.45, 7) is 0. The van der Waals surface area contributed by atoms with Crippen LogP contribution in [0.25, 0.3) is 11.0 Å². The Hall–Kier alpha value is -2.01. The molecule has 0 saturated carbocycles. The third-order valence-corrected chi connectivity index (χ3v) is 2.06. The summed E-state index contributed by atoms with van der Waals surface area (Å²) in [4.78, 5) is 16.1. The topological polar surface area (TPSA) is 77.5 Å². The van der Waals surface area contributed by atoms with Crippen molar-refractivity contribution >= 4 is 22.3 Å². The minimum absolute atomic E-state index is 0.121. The lowest BCUT2D eigenvalue weighted by Crippen LogP contribution is -2.12. The van der Waals surface area contributed by atoms with Gasteiger partial charge in [0, 0.05) is 5.39 Å². The third kappa shape index (κ3) is 1.53. The first-order valence-electron chi connectivity index (χ1n) is 4.34. The van der Waals surface area contributed by atoms with Crippen LogP contribution in [0.4, 0.5) is 11.4 Å². The number of hydrogen-bond acceptors (Lipinski definition) is 5. The second-order valence-corrected chi connectivity index (χ2v) is 2.98. The van der Waals surface area contributed by atoms with Crippen molar-refractivity contribution in [3.63, 3.8) is 0 Å². The largest absolute Gasteiger partial charge is 0.421 e. The zero-order valence-electron chi connectivity index (χ0n) is 8.11. The van der Waals surface area contributed by atoms with E-state index in [1.165, 1.54) is 7.11 Å². The molecule has 0 aliphatic carbocycles. The Bertz CT molecular complexity index is 548. The molecule has 2 rings (SSSR count). The maximum atomic E-state index is 11.5. The maximum absolute atomic E-state index is 11.5. The molecule has 0 aliphatic heterocycles. The molecule has 78 valence electrons. The molecule has 2 aromatic rings. The Morgan fingerprint density at radius 1 is 1.40 bits per heavy atom. The summed E-state index contributed by atoms with van der Waals surface area (Å²) in [7, 11) is 1.40. The van der Waals surface area contributed by atoms with E-state index in [-0.39, 0.29) is 5.69 Å². The Kier molecular flexibility index (Phi) is 2.31. The Morgan fingerprint density at radius 2 is 2.13 bits per heavy atom. The average Bonchev–Trinajstić information content (AvgIpc) is 2.24. The van der Waals surface area contributed by atoms with Gasteiger partial charge in [-0.05, 0) is 12.1 Å². The normalized spacial score (nSPS) is 10.5. The zero-order valence-corrected chi connectivity index (χ0v) is 8.11. The van der Waals surface area contributed by atoms with Crippen molar-refractivity contribution in [2.24, 2.45) is 0 Å². The van der Waals surface area contributed by atoms with Crippen LogP contribution in [0.5, 0.6) is 0 Å². The summed E-state index contributed by atoms with van der Waals surface area (Å²) >= 11 is 0. The zero-order chi connectivity index (χ0) is 10.8. The van der Waals surface area contributed by atoms with Crippen LogP contribution in [0.15, 0.2) is 33.5 Å². The van der Waals surface area contributed by atoms with Crippen LogP contribution in [-0.4, -0.2) is 7.11 Å². The number of hydrogen-bond donors (Lipinski definition) is 2. The van der Waals surface area contributed by atoms with Gasteiger partial charge in [0.1, 0.15) is 5.58 Å². The second kappa shape index (κ2) is 3.62. The molecule has 0 atom stereocenters. The highest BCUT2D eigenvalue weighted by Crippen LogP contribution is 2.24. The summed E-state index contributed by atoms with van der Waals surface area (Å²) in [5, 5.41) is 0.677. The second-order valence-electron chi connectivity index (χ2n) is 2.98. The molecule has 1 heterocycles. The standard InChI is InChI=1S/C10H10N2O3/c1-14-12-9-8(11)6-4-2-3-5-7(6)15-10(9)13/h2-5,12H,11H2,1H3. The van der Waals surface area contributed by atoms with Crippen molar-refractivity contribution in [3.8, 4) is 0 Å². The molecule has 0 bridgehead atoms. The van der Waals surface area contributed by atoms with Gasteiger partial charge in [-0.25, -0.2) is 4.79 Å². The first-order chi connectivity index (χ1) is 7.24. The van der Waals surface area contributed by atoms with E-state index in [9.17, 15) is 4.79 Å². The minimum atomic E-state index is -0.548. The number of rotatable bonds is 2. The van der Waals surface area contributed by atoms with Crippen molar-refractivity contribution < 1.29 is 9.25 Å². The van der Waals surface area contributed by atoms with E-state index in [1.807, 2.05) is 6.07 Å². The van der Waals surface area contributed by atoms with Gasteiger partial charge in [-0.1, -0.05) is 12.1 Å². The SMILES string of the molecule is CONc1c(N)c2ccccc2oc1=O. The van der Waals surface area contributed by atoms with Crippen LogP contribution in [-0.2, 0) is 4.84 Å². The van der Waals surface area contributed by atoms with E-state index in [2.05, 4.69) is 10.3 Å². The summed E-state index contributed by atoms with van der Waals surface area (Å²) in [5.74, 6) is 0. The number of benzene rings is 1. The number of nitrogens with one attached hydrogen (secondary N) is 1. The van der Waals surface area contributed by atoms with Gasteiger partial charge in [-0.3, -0.25) is 10.3 Å². The van der Waals surface area contributed by atoms with Gasteiger partial charge in [-0.15, -0.1) is 0 Å². The van der Waals surface area contributed by atoms with E-state index in [0.717, 1.165) is 0 Å². The fourth-order valence-electron chi connectivity index (χ4n) is 1.37. The van der Waals surface area contributed by atoms with E-state index >= 15 is 0 Å². The molecule has 0 radical (unpaired) electrons. The molecule has 0 aliphatic rings. The fourth-order valence-corrected chi connectivity index (χ4v) is 1.37. The van der Waals surface area contributed by atoms with Gasteiger partial charge < -0.3 is 10.2 Å². The lowest BCUT2D eigenvalue weighted by atomic mass is 10.2. The molecule has 1 aromatic heterocycles. The molecular formula is C10H10N2O3. The van der Waals surface area contributed by atoms with Crippen molar-refractivity contribution in [1.82, 2.24) is 0 Å². The first-order valence-corrected chi connectivity index (χ1v) is 4.34. The van der Waals surface area contributed by atoms with Gasteiger partial charge in [-0.2, -0.15) is 0 Å². The van der Waals surface area contributed by atoms with E-state index in [0.29, 0.717) is 16.7 Å². The molecule has 3 N–H and O–H groups in total. The molecule has 15 heavy (non-hydrogen) atoms. The van der Waals surface area contributed by atoms with Crippen LogP contribution in [0.3, 0.4) is 0 Å².